The molecule has 0 amide bonds. The lowest BCUT2D eigenvalue weighted by atomic mass is 10.2. The Balaban J connectivity index is 2.53. The van der Waals surface area contributed by atoms with Gasteiger partial charge >= 0.3 is 12.4 Å². The Labute approximate surface area is 141 Å². The van der Waals surface area contributed by atoms with Gasteiger partial charge in [0.25, 0.3) is 0 Å². The quantitative estimate of drug-likeness (QED) is 0.489. The van der Waals surface area contributed by atoms with Crippen molar-refractivity contribution in [2.45, 2.75) is 22.1 Å². The Morgan fingerprint density at radius 1 is 0.652 bits per heavy atom. The van der Waals surface area contributed by atoms with Crippen molar-refractivity contribution in [2.24, 2.45) is 0 Å². The minimum atomic E-state index is -4.74. The van der Waals surface area contributed by atoms with Gasteiger partial charge in [0, 0.05) is 19.8 Å². The fraction of sp³-hybridized carbons (Fsp3) is 0.143. The molecule has 0 unspecified atom stereocenters. The van der Waals surface area contributed by atoms with E-state index in [1.54, 1.807) is 0 Å². The van der Waals surface area contributed by atoms with Crippen LogP contribution in [0.15, 0.2) is 46.2 Å². The Bertz CT molecular complexity index is 663. The van der Waals surface area contributed by atoms with E-state index in [9.17, 15) is 26.3 Å². The molecule has 0 aliphatic carbocycles. The minimum absolute atomic E-state index is 0.158. The summed E-state index contributed by atoms with van der Waals surface area (Å²) in [5, 5.41) is -0.317. The van der Waals surface area contributed by atoms with Gasteiger partial charge in [0.05, 0.1) is 11.1 Å². The molecule has 0 saturated heterocycles. The van der Waals surface area contributed by atoms with Crippen LogP contribution in [0.5, 0.6) is 0 Å². The van der Waals surface area contributed by atoms with Gasteiger partial charge in [0.15, 0.2) is 0 Å². The van der Waals surface area contributed by atoms with Crippen LogP contribution in [0.4, 0.5) is 26.3 Å². The largest absolute Gasteiger partial charge is 0.417 e. The van der Waals surface area contributed by atoms with Crippen molar-refractivity contribution in [3.05, 3.63) is 57.6 Å². The highest BCUT2D eigenvalue weighted by atomic mass is 35.5. The molecule has 0 radical (unpaired) electrons. The lowest BCUT2D eigenvalue weighted by Gasteiger charge is -2.16. The monoisotopic (exact) mass is 390 g/mol. The molecule has 9 heteroatoms. The third-order valence-electron chi connectivity index (χ3n) is 2.71. The molecular weight excluding hydrogens is 385 g/mol. The predicted octanol–water partition coefficient (Wildman–Crippen LogP) is 7.18. The van der Waals surface area contributed by atoms with Crippen LogP contribution < -0.4 is 0 Å². The first-order valence-corrected chi connectivity index (χ1v) is 7.47. The van der Waals surface area contributed by atoms with Crippen molar-refractivity contribution >= 4 is 35.0 Å². The number of benzene rings is 2. The normalized spacial score (nSPS) is 12.5. The lowest BCUT2D eigenvalue weighted by Crippen LogP contribution is -2.09. The molecule has 0 fully saturated rings. The zero-order chi connectivity index (χ0) is 17.4. The van der Waals surface area contributed by atoms with E-state index in [0.717, 1.165) is 12.1 Å². The molecule has 2 aromatic carbocycles. The Morgan fingerprint density at radius 2 is 1.00 bits per heavy atom. The van der Waals surface area contributed by atoms with Gasteiger partial charge in [-0.05, 0) is 36.4 Å². The van der Waals surface area contributed by atoms with Gasteiger partial charge in [0.1, 0.15) is 0 Å². The molecule has 2 rings (SSSR count). The van der Waals surface area contributed by atoms with Crippen molar-refractivity contribution in [2.75, 3.05) is 0 Å². The SMILES string of the molecule is FC(F)(F)c1cc(Cl)ccc1Sc1ccc(Cl)cc1C(F)(F)F. The second-order valence-corrected chi connectivity index (χ2v) is 6.34. The highest BCUT2D eigenvalue weighted by Gasteiger charge is 2.37. The van der Waals surface area contributed by atoms with Gasteiger partial charge in [-0.1, -0.05) is 35.0 Å². The molecule has 0 aliphatic heterocycles. The summed E-state index contributed by atoms with van der Waals surface area (Å²) < 4.78 is 78.1. The summed E-state index contributed by atoms with van der Waals surface area (Å²) in [4.78, 5) is -0.760. The zero-order valence-electron chi connectivity index (χ0n) is 10.9. The molecule has 0 nitrogen and oxygen atoms in total. The average molecular weight is 391 g/mol. The third kappa shape index (κ3) is 4.49. The molecule has 0 N–H and O–H groups in total. The molecular formula is C14H6Cl2F6S. The topological polar surface area (TPSA) is 0 Å². The summed E-state index contributed by atoms with van der Waals surface area (Å²) in [5.74, 6) is 0. The molecule has 0 aliphatic rings. The van der Waals surface area contributed by atoms with Crippen LogP contribution in [0.2, 0.25) is 10.0 Å². The molecule has 0 atom stereocenters. The summed E-state index contributed by atoms with van der Waals surface area (Å²) in [5.41, 5.74) is -2.20. The van der Waals surface area contributed by atoms with Gasteiger partial charge < -0.3 is 0 Å². The first kappa shape index (κ1) is 18.3. The Hall–Kier alpha value is -1.05. The smallest absolute Gasteiger partial charge is 0.166 e. The van der Waals surface area contributed by atoms with Crippen LogP contribution in [0.3, 0.4) is 0 Å². The molecule has 23 heavy (non-hydrogen) atoms. The molecule has 0 spiro atoms. The fourth-order valence-electron chi connectivity index (χ4n) is 1.74. The number of rotatable bonds is 2. The van der Waals surface area contributed by atoms with Crippen LogP contribution in [0.1, 0.15) is 11.1 Å². The number of halogens is 8. The summed E-state index contributed by atoms with van der Waals surface area (Å²) >= 11 is 11.4. The molecule has 124 valence electrons. The Morgan fingerprint density at radius 3 is 1.30 bits per heavy atom. The first-order valence-electron chi connectivity index (χ1n) is 5.90. The fourth-order valence-corrected chi connectivity index (χ4v) is 3.17. The van der Waals surface area contributed by atoms with Crippen molar-refractivity contribution in [1.29, 1.82) is 0 Å². The minimum Gasteiger partial charge on any atom is -0.166 e. The Kier molecular flexibility index (Phi) is 5.13. The molecule has 2 aromatic rings. The van der Waals surface area contributed by atoms with Gasteiger partial charge in [-0.3, -0.25) is 0 Å². The van der Waals surface area contributed by atoms with E-state index in [2.05, 4.69) is 0 Å². The summed E-state index contributed by atoms with van der Waals surface area (Å²) in [6.07, 6.45) is -9.48. The van der Waals surface area contributed by atoms with Gasteiger partial charge in [-0.2, -0.15) is 26.3 Å². The summed E-state index contributed by atoms with van der Waals surface area (Å²) in [6.45, 7) is 0. The van der Waals surface area contributed by atoms with E-state index in [0.29, 0.717) is 23.9 Å². The summed E-state index contributed by atoms with van der Waals surface area (Å²) in [6, 6.07) is 5.78. The van der Waals surface area contributed by atoms with Crippen LogP contribution in [-0.4, -0.2) is 0 Å². The van der Waals surface area contributed by atoms with Crippen LogP contribution in [0, 0.1) is 0 Å². The zero-order valence-corrected chi connectivity index (χ0v) is 13.2. The van der Waals surface area contributed by atoms with Crippen LogP contribution in [0.25, 0.3) is 0 Å². The maximum Gasteiger partial charge on any atom is 0.417 e. The molecule has 0 aromatic heterocycles. The van der Waals surface area contributed by atoms with Gasteiger partial charge in [0.2, 0.25) is 0 Å². The van der Waals surface area contributed by atoms with Crippen LogP contribution >= 0.6 is 35.0 Å². The van der Waals surface area contributed by atoms with Crippen molar-refractivity contribution in [3.63, 3.8) is 0 Å². The lowest BCUT2D eigenvalue weighted by molar-refractivity contribution is -0.140. The molecule has 0 bridgehead atoms. The van der Waals surface area contributed by atoms with Crippen molar-refractivity contribution < 1.29 is 26.3 Å². The average Bonchev–Trinajstić information content (AvgIpc) is 2.40. The van der Waals surface area contributed by atoms with E-state index in [1.165, 1.54) is 12.1 Å². The van der Waals surface area contributed by atoms with Gasteiger partial charge in [-0.25, -0.2) is 0 Å². The second kappa shape index (κ2) is 6.45. The van der Waals surface area contributed by atoms with E-state index in [-0.39, 0.29) is 19.8 Å². The van der Waals surface area contributed by atoms with Crippen LogP contribution in [-0.2, 0) is 12.4 Å². The maximum absolute atomic E-state index is 13.0. The molecule has 0 heterocycles. The van der Waals surface area contributed by atoms with Crippen molar-refractivity contribution in [3.8, 4) is 0 Å². The third-order valence-corrected chi connectivity index (χ3v) is 4.34. The van der Waals surface area contributed by atoms with E-state index < -0.39 is 23.5 Å². The first-order chi connectivity index (χ1) is 10.5. The molecule has 0 saturated carbocycles. The number of hydrogen-bond acceptors (Lipinski definition) is 1. The van der Waals surface area contributed by atoms with E-state index in [4.69, 9.17) is 23.2 Å². The second-order valence-electron chi connectivity index (χ2n) is 4.38. The highest BCUT2D eigenvalue weighted by molar-refractivity contribution is 7.99. The summed E-state index contributed by atoms with van der Waals surface area (Å²) in [7, 11) is 0. The standard InChI is InChI=1S/C14H6Cl2F6S/c15-7-1-3-11(9(5-7)13(17,18)19)23-12-4-2-8(16)6-10(12)14(20,21)22/h1-6H. The van der Waals surface area contributed by atoms with Gasteiger partial charge in [-0.15, -0.1) is 0 Å². The van der Waals surface area contributed by atoms with E-state index >= 15 is 0 Å². The number of alkyl halides is 6. The predicted molar refractivity (Wildman–Crippen MR) is 77.0 cm³/mol. The van der Waals surface area contributed by atoms with E-state index in [1.807, 2.05) is 0 Å². The highest BCUT2D eigenvalue weighted by Crippen LogP contribution is 2.45. The maximum atomic E-state index is 13.0. The van der Waals surface area contributed by atoms with Crippen molar-refractivity contribution in [1.82, 2.24) is 0 Å². The number of hydrogen-bond donors (Lipinski definition) is 0.